The molecule has 0 amide bonds. The largest absolute Gasteiger partial charge is 0.398 e. The van der Waals surface area contributed by atoms with Crippen molar-refractivity contribution in [3.8, 4) is 0 Å². The van der Waals surface area contributed by atoms with Gasteiger partial charge in [-0.3, -0.25) is 0 Å². The Morgan fingerprint density at radius 1 is 0.895 bits per heavy atom. The van der Waals surface area contributed by atoms with Gasteiger partial charge >= 0.3 is 8.56 Å². The molecule has 0 saturated heterocycles. The fourth-order valence-corrected chi connectivity index (χ4v) is 8.10. The van der Waals surface area contributed by atoms with E-state index in [-0.39, 0.29) is 0 Å². The minimum atomic E-state index is -1.85. The van der Waals surface area contributed by atoms with E-state index in [4.69, 9.17) is 8.85 Å². The van der Waals surface area contributed by atoms with Crippen molar-refractivity contribution >= 4 is 16.8 Å². The normalized spacial score (nSPS) is 13.3. The Morgan fingerprint density at radius 3 is 1.74 bits per heavy atom. The highest BCUT2D eigenvalue weighted by atomic mass is 28.4. The molecule has 0 spiro atoms. The van der Waals surface area contributed by atoms with Crippen molar-refractivity contribution in [1.29, 1.82) is 0 Å². The van der Waals surface area contributed by atoms with E-state index in [9.17, 15) is 0 Å². The van der Waals surface area contributed by atoms with E-state index in [0.717, 1.165) is 6.04 Å². The van der Waals surface area contributed by atoms with Crippen LogP contribution >= 0.6 is 0 Å². The van der Waals surface area contributed by atoms with Gasteiger partial charge in [0.1, 0.15) is 8.24 Å². The summed E-state index contributed by atoms with van der Waals surface area (Å²) in [6.45, 7) is 10.5. The van der Waals surface area contributed by atoms with Gasteiger partial charge in [-0.15, -0.1) is 0 Å². The standard InChI is InChI=1S/C14H35NO2Si2/c1-8-19(9-2,10-3)15(4)13-11-12-14-18(7,16-5)17-6/h8-14H2,1-7H3. The number of hydrogen-bond acceptors (Lipinski definition) is 3. The Kier molecular flexibility index (Phi) is 9.44. The molecule has 116 valence electrons. The molecule has 3 nitrogen and oxygen atoms in total. The molecule has 0 radical (unpaired) electrons. The summed E-state index contributed by atoms with van der Waals surface area (Å²) in [6.07, 6.45) is 2.48. The molecule has 0 N–H and O–H groups in total. The Labute approximate surface area is 123 Å². The Morgan fingerprint density at radius 2 is 1.37 bits per heavy atom. The second kappa shape index (κ2) is 9.29. The zero-order valence-corrected chi connectivity index (χ0v) is 16.2. The van der Waals surface area contributed by atoms with Crippen LogP contribution in [-0.2, 0) is 8.85 Å². The van der Waals surface area contributed by atoms with E-state index in [1.54, 1.807) is 14.2 Å². The zero-order valence-electron chi connectivity index (χ0n) is 14.2. The molecule has 0 aliphatic rings. The predicted molar refractivity (Wildman–Crippen MR) is 89.5 cm³/mol. The minimum Gasteiger partial charge on any atom is -0.398 e. The van der Waals surface area contributed by atoms with Crippen molar-refractivity contribution in [3.05, 3.63) is 0 Å². The summed E-state index contributed by atoms with van der Waals surface area (Å²) in [5, 5.41) is 0. The van der Waals surface area contributed by atoms with Gasteiger partial charge in [0.2, 0.25) is 0 Å². The van der Waals surface area contributed by atoms with Gasteiger partial charge in [0, 0.05) is 14.2 Å². The Balaban J connectivity index is 4.13. The van der Waals surface area contributed by atoms with E-state index in [0.29, 0.717) is 0 Å². The topological polar surface area (TPSA) is 21.7 Å². The average molecular weight is 306 g/mol. The number of nitrogens with zero attached hydrogens (tertiary/aromatic N) is 1. The van der Waals surface area contributed by atoms with Gasteiger partial charge in [0.15, 0.2) is 0 Å². The molecule has 0 aliphatic carbocycles. The molecule has 5 heteroatoms. The molecule has 0 aromatic heterocycles. The van der Waals surface area contributed by atoms with Gasteiger partial charge in [-0.1, -0.05) is 27.2 Å². The van der Waals surface area contributed by atoms with Crippen LogP contribution in [0.15, 0.2) is 0 Å². The summed E-state index contributed by atoms with van der Waals surface area (Å²) in [7, 11) is 2.91. The van der Waals surface area contributed by atoms with Crippen molar-refractivity contribution in [2.24, 2.45) is 0 Å². The summed E-state index contributed by atoms with van der Waals surface area (Å²) in [6, 6.07) is 5.23. The van der Waals surface area contributed by atoms with Crippen LogP contribution in [0.25, 0.3) is 0 Å². The Hall–Kier alpha value is 0.314. The lowest BCUT2D eigenvalue weighted by molar-refractivity contribution is 0.248. The highest BCUT2D eigenvalue weighted by molar-refractivity contribution is 6.76. The first kappa shape index (κ1) is 19.3. The van der Waals surface area contributed by atoms with Crippen molar-refractivity contribution < 1.29 is 8.85 Å². The molecular formula is C14H35NO2Si2. The van der Waals surface area contributed by atoms with E-state index in [2.05, 4.69) is 38.9 Å². The number of hydrogen-bond donors (Lipinski definition) is 0. The molecule has 0 atom stereocenters. The minimum absolute atomic E-state index is 1.10. The lowest BCUT2D eigenvalue weighted by Gasteiger charge is -2.38. The highest BCUT2D eigenvalue weighted by Gasteiger charge is 2.32. The van der Waals surface area contributed by atoms with Crippen molar-refractivity contribution in [1.82, 2.24) is 4.57 Å². The average Bonchev–Trinajstić information content (AvgIpc) is 2.45. The lowest BCUT2D eigenvalue weighted by Crippen LogP contribution is -2.50. The van der Waals surface area contributed by atoms with Crippen LogP contribution in [0.5, 0.6) is 0 Å². The van der Waals surface area contributed by atoms with E-state index >= 15 is 0 Å². The van der Waals surface area contributed by atoms with Crippen LogP contribution in [0, 0.1) is 0 Å². The summed E-state index contributed by atoms with van der Waals surface area (Å²) in [5.41, 5.74) is 0. The fraction of sp³-hybridized carbons (Fsp3) is 1.00. The molecule has 19 heavy (non-hydrogen) atoms. The van der Waals surface area contributed by atoms with Crippen molar-refractivity contribution in [3.63, 3.8) is 0 Å². The first-order valence-corrected chi connectivity index (χ1v) is 12.8. The van der Waals surface area contributed by atoms with Crippen molar-refractivity contribution in [2.75, 3.05) is 27.8 Å². The van der Waals surface area contributed by atoms with Gasteiger partial charge in [-0.05, 0) is 50.7 Å². The number of unbranched alkanes of at least 4 members (excludes halogenated alkanes) is 1. The second-order valence-electron chi connectivity index (χ2n) is 5.71. The van der Waals surface area contributed by atoms with E-state index in [1.807, 2.05) is 0 Å². The van der Waals surface area contributed by atoms with Crippen LogP contribution in [0.2, 0.25) is 30.7 Å². The lowest BCUT2D eigenvalue weighted by atomic mass is 10.3. The zero-order chi connectivity index (χ0) is 14.9. The predicted octanol–water partition coefficient (Wildman–Crippen LogP) is 4.07. The summed E-state index contributed by atoms with van der Waals surface area (Å²) in [5.74, 6) is 0. The molecule has 0 rings (SSSR count). The van der Waals surface area contributed by atoms with Crippen LogP contribution < -0.4 is 0 Å². The van der Waals surface area contributed by atoms with Gasteiger partial charge in [-0.2, -0.15) is 0 Å². The molecule has 0 aromatic rings. The van der Waals surface area contributed by atoms with Crippen LogP contribution in [0.3, 0.4) is 0 Å². The Bertz CT molecular complexity index is 223. The first-order valence-electron chi connectivity index (χ1n) is 7.75. The SMILES string of the molecule is CC[Si](CC)(CC)N(C)CCCC[Si](C)(OC)OC. The molecule has 0 saturated carbocycles. The summed E-state index contributed by atoms with van der Waals surface area (Å²) in [4.78, 5) is 0. The molecule has 0 aromatic carbocycles. The van der Waals surface area contributed by atoms with E-state index < -0.39 is 16.8 Å². The number of rotatable bonds is 11. The third-order valence-corrected chi connectivity index (χ3v) is 13.8. The maximum atomic E-state index is 5.54. The molecule has 0 fully saturated rings. The van der Waals surface area contributed by atoms with Gasteiger partial charge in [-0.25, -0.2) is 0 Å². The molecule has 0 bridgehead atoms. The molecule has 0 aliphatic heterocycles. The second-order valence-corrected chi connectivity index (χ2v) is 14.6. The van der Waals surface area contributed by atoms with Crippen LogP contribution in [0.4, 0.5) is 0 Å². The fourth-order valence-electron chi connectivity index (χ4n) is 2.88. The van der Waals surface area contributed by atoms with Crippen LogP contribution in [-0.4, -0.2) is 49.2 Å². The third kappa shape index (κ3) is 5.67. The molecule has 0 heterocycles. The van der Waals surface area contributed by atoms with Gasteiger partial charge < -0.3 is 13.4 Å². The maximum absolute atomic E-state index is 5.54. The third-order valence-electron chi connectivity index (χ3n) is 5.02. The van der Waals surface area contributed by atoms with Gasteiger partial charge in [0.25, 0.3) is 0 Å². The maximum Gasteiger partial charge on any atom is 0.334 e. The smallest absolute Gasteiger partial charge is 0.334 e. The molecular weight excluding hydrogens is 270 g/mol. The molecule has 0 unspecified atom stereocenters. The van der Waals surface area contributed by atoms with Crippen molar-refractivity contribution in [2.45, 2.75) is 64.3 Å². The first-order chi connectivity index (χ1) is 8.93. The van der Waals surface area contributed by atoms with Crippen LogP contribution in [0.1, 0.15) is 33.6 Å². The highest BCUT2D eigenvalue weighted by Crippen LogP contribution is 2.24. The summed E-state index contributed by atoms with van der Waals surface area (Å²) >= 11 is 0. The quantitative estimate of drug-likeness (QED) is 0.424. The summed E-state index contributed by atoms with van der Waals surface area (Å²) < 4.78 is 13.8. The van der Waals surface area contributed by atoms with E-state index in [1.165, 1.54) is 37.5 Å². The van der Waals surface area contributed by atoms with Gasteiger partial charge in [0.05, 0.1) is 0 Å². The monoisotopic (exact) mass is 305 g/mol.